The zero-order valence-electron chi connectivity index (χ0n) is 15.1. The average molecular weight is 391 g/mol. The number of hydrogen-bond donors (Lipinski definition) is 3. The Morgan fingerprint density at radius 1 is 1.14 bits per heavy atom. The highest BCUT2D eigenvalue weighted by Crippen LogP contribution is 2.37. The van der Waals surface area contributed by atoms with Crippen LogP contribution in [0.3, 0.4) is 0 Å². The summed E-state index contributed by atoms with van der Waals surface area (Å²) in [4.78, 5) is 17.4. The summed E-state index contributed by atoms with van der Waals surface area (Å²) < 4.78 is 20.1. The van der Waals surface area contributed by atoms with E-state index < -0.39 is 11.9 Å². The summed E-state index contributed by atoms with van der Waals surface area (Å²) >= 11 is 0. The summed E-state index contributed by atoms with van der Waals surface area (Å²) in [7, 11) is 0. The van der Waals surface area contributed by atoms with E-state index in [-0.39, 0.29) is 22.9 Å². The number of halogens is 1. The number of carbonyl (C=O) groups excluding carboxylic acids is 1. The van der Waals surface area contributed by atoms with E-state index in [9.17, 15) is 9.18 Å². The third-order valence-electron chi connectivity index (χ3n) is 4.83. The molecule has 0 spiro atoms. The maximum Gasteiger partial charge on any atom is 0.219 e. The predicted octanol–water partition coefficient (Wildman–Crippen LogP) is 2.66. The van der Waals surface area contributed by atoms with Crippen LogP contribution in [-0.4, -0.2) is 36.4 Å². The van der Waals surface area contributed by atoms with E-state index in [1.54, 1.807) is 19.1 Å². The zero-order chi connectivity index (χ0) is 20.1. The summed E-state index contributed by atoms with van der Waals surface area (Å²) in [6.45, 7) is 1.75. The Kier molecular flexibility index (Phi) is 3.66. The number of ketones is 1. The Bertz CT molecular complexity index is 1260. The highest BCUT2D eigenvalue weighted by molar-refractivity contribution is 6.14. The lowest BCUT2D eigenvalue weighted by Crippen LogP contribution is -2.11. The number of ether oxygens (including phenoxy) is 1. The second-order valence-electron chi connectivity index (χ2n) is 6.61. The molecule has 0 amide bonds. The number of rotatable bonds is 0. The second-order valence-corrected chi connectivity index (χ2v) is 6.61. The van der Waals surface area contributed by atoms with Gasteiger partial charge >= 0.3 is 0 Å². The molecule has 5 rings (SSSR count). The Balaban J connectivity index is 1.83. The van der Waals surface area contributed by atoms with Gasteiger partial charge in [0.1, 0.15) is 17.6 Å². The molecule has 1 aliphatic rings. The SMILES string of the molecule is C[C@H]1Oc2cc(cnc2N)-c2[nH]ncc2C(=O)c2n[nH]nc2-c2ccc(F)cc21. The van der Waals surface area contributed by atoms with Gasteiger partial charge in [-0.15, -0.1) is 0 Å². The van der Waals surface area contributed by atoms with Gasteiger partial charge in [-0.1, -0.05) is 0 Å². The minimum Gasteiger partial charge on any atom is -0.482 e. The fourth-order valence-corrected chi connectivity index (χ4v) is 3.41. The maximum absolute atomic E-state index is 14.0. The molecule has 4 N–H and O–H groups in total. The van der Waals surface area contributed by atoms with Crippen molar-refractivity contribution in [3.05, 3.63) is 59.3 Å². The topological polar surface area (TPSA) is 135 Å². The van der Waals surface area contributed by atoms with E-state index >= 15 is 0 Å². The Hall–Kier alpha value is -4.08. The van der Waals surface area contributed by atoms with E-state index in [4.69, 9.17) is 10.5 Å². The van der Waals surface area contributed by atoms with Gasteiger partial charge in [0, 0.05) is 22.9 Å². The number of carbonyl (C=O) groups is 1. The van der Waals surface area contributed by atoms with Crippen LogP contribution in [0, 0.1) is 5.82 Å². The molecule has 4 aromatic rings. The van der Waals surface area contributed by atoms with E-state index in [1.165, 1.54) is 24.5 Å². The Labute approximate surface area is 163 Å². The van der Waals surface area contributed by atoms with Crippen molar-refractivity contribution in [3.63, 3.8) is 0 Å². The monoisotopic (exact) mass is 391 g/mol. The molecule has 0 saturated carbocycles. The van der Waals surface area contributed by atoms with Crippen LogP contribution in [0.25, 0.3) is 22.5 Å². The van der Waals surface area contributed by atoms with Gasteiger partial charge in [0.25, 0.3) is 0 Å². The molecule has 1 atom stereocenters. The quantitative estimate of drug-likeness (QED) is 0.419. The van der Waals surface area contributed by atoms with Crippen LogP contribution in [0.2, 0.25) is 0 Å². The molecule has 2 bridgehead atoms. The van der Waals surface area contributed by atoms with Gasteiger partial charge in [-0.25, -0.2) is 9.37 Å². The number of nitrogens with two attached hydrogens (primary N) is 1. The average Bonchev–Trinajstić information content (AvgIpc) is 3.38. The van der Waals surface area contributed by atoms with Gasteiger partial charge in [-0.3, -0.25) is 9.89 Å². The molecular formula is C19H14FN7O2. The van der Waals surface area contributed by atoms with Gasteiger partial charge in [0.15, 0.2) is 17.3 Å². The van der Waals surface area contributed by atoms with Gasteiger partial charge < -0.3 is 10.5 Å². The number of benzene rings is 1. The summed E-state index contributed by atoms with van der Waals surface area (Å²) in [6, 6.07) is 5.83. The number of aromatic nitrogens is 6. The third-order valence-corrected chi connectivity index (χ3v) is 4.83. The van der Waals surface area contributed by atoms with Crippen LogP contribution in [0.4, 0.5) is 10.2 Å². The fourth-order valence-electron chi connectivity index (χ4n) is 3.41. The van der Waals surface area contributed by atoms with E-state index in [2.05, 4.69) is 30.6 Å². The predicted molar refractivity (Wildman–Crippen MR) is 100 cm³/mol. The number of aromatic amines is 2. The van der Waals surface area contributed by atoms with Crippen molar-refractivity contribution in [1.82, 2.24) is 30.6 Å². The number of anilines is 1. The molecule has 3 aromatic heterocycles. The van der Waals surface area contributed by atoms with Crippen molar-refractivity contribution < 1.29 is 13.9 Å². The van der Waals surface area contributed by atoms with Crippen LogP contribution in [0.15, 0.2) is 36.7 Å². The molecular weight excluding hydrogens is 377 g/mol. The molecule has 9 nitrogen and oxygen atoms in total. The molecule has 0 aliphatic carbocycles. The van der Waals surface area contributed by atoms with Crippen molar-refractivity contribution in [2.75, 3.05) is 5.73 Å². The molecule has 0 saturated heterocycles. The Morgan fingerprint density at radius 2 is 1.97 bits per heavy atom. The fraction of sp³-hybridized carbons (Fsp3) is 0.105. The number of hydrogen-bond acceptors (Lipinski definition) is 7. The maximum atomic E-state index is 14.0. The molecule has 10 heteroatoms. The van der Waals surface area contributed by atoms with Gasteiger partial charge in [0.2, 0.25) is 5.78 Å². The number of nitrogens with zero attached hydrogens (tertiary/aromatic N) is 4. The first kappa shape index (κ1) is 17.0. The van der Waals surface area contributed by atoms with E-state index in [0.29, 0.717) is 33.8 Å². The molecule has 4 heterocycles. The first-order chi connectivity index (χ1) is 14.0. The van der Waals surface area contributed by atoms with E-state index in [0.717, 1.165) is 0 Å². The van der Waals surface area contributed by atoms with Crippen molar-refractivity contribution in [2.45, 2.75) is 13.0 Å². The second kappa shape index (κ2) is 6.23. The Morgan fingerprint density at radius 3 is 2.83 bits per heavy atom. The number of fused-ring (bicyclic) bond motifs is 7. The van der Waals surface area contributed by atoms with Crippen LogP contribution in [-0.2, 0) is 0 Å². The standard InChI is InChI=1S/C19H14FN7O2/c1-8-12-5-10(20)2-3-11(12)16-17(26-27-25-16)18(28)13-7-23-24-15(13)9-4-14(29-8)19(21)22-6-9/h2-8H,1H3,(H2,21,22)(H,23,24)(H,25,26,27)/t8-/m1/s1. The minimum absolute atomic E-state index is 0.0944. The first-order valence-electron chi connectivity index (χ1n) is 8.74. The van der Waals surface area contributed by atoms with E-state index in [1.807, 2.05) is 0 Å². The first-order valence-corrected chi connectivity index (χ1v) is 8.74. The van der Waals surface area contributed by atoms with Crippen molar-refractivity contribution in [3.8, 4) is 28.3 Å². The number of pyridine rings is 1. The molecule has 1 aliphatic heterocycles. The smallest absolute Gasteiger partial charge is 0.219 e. The van der Waals surface area contributed by atoms with Crippen LogP contribution < -0.4 is 10.5 Å². The highest BCUT2D eigenvalue weighted by Gasteiger charge is 2.28. The number of nitrogens with one attached hydrogen (secondary N) is 2. The van der Waals surface area contributed by atoms with Crippen LogP contribution >= 0.6 is 0 Å². The normalized spacial score (nSPS) is 15.4. The lowest BCUT2D eigenvalue weighted by Gasteiger charge is -2.20. The summed E-state index contributed by atoms with van der Waals surface area (Å²) in [6.07, 6.45) is 2.31. The van der Waals surface area contributed by atoms with Crippen molar-refractivity contribution in [1.29, 1.82) is 0 Å². The minimum atomic E-state index is -0.611. The number of H-pyrrole nitrogens is 2. The molecule has 1 aromatic carbocycles. The molecule has 144 valence electrons. The molecule has 29 heavy (non-hydrogen) atoms. The van der Waals surface area contributed by atoms with Gasteiger partial charge in [-0.05, 0) is 31.2 Å². The summed E-state index contributed by atoms with van der Waals surface area (Å²) in [5.74, 6) is -0.357. The van der Waals surface area contributed by atoms with Crippen molar-refractivity contribution >= 4 is 11.6 Å². The van der Waals surface area contributed by atoms with Crippen LogP contribution in [0.5, 0.6) is 5.75 Å². The highest BCUT2D eigenvalue weighted by atomic mass is 19.1. The lowest BCUT2D eigenvalue weighted by molar-refractivity contribution is 0.103. The molecule has 0 radical (unpaired) electrons. The van der Waals surface area contributed by atoms with Crippen LogP contribution in [0.1, 0.15) is 34.6 Å². The van der Waals surface area contributed by atoms with Crippen molar-refractivity contribution in [2.24, 2.45) is 0 Å². The third kappa shape index (κ3) is 2.64. The lowest BCUT2D eigenvalue weighted by atomic mass is 9.96. The zero-order valence-corrected chi connectivity index (χ0v) is 15.1. The van der Waals surface area contributed by atoms with Gasteiger partial charge in [-0.2, -0.15) is 20.5 Å². The largest absolute Gasteiger partial charge is 0.482 e. The summed E-state index contributed by atoms with van der Waals surface area (Å²) in [5.41, 5.74) is 8.68. The molecule has 0 fully saturated rings. The molecule has 0 unspecified atom stereocenters. The van der Waals surface area contributed by atoms with Gasteiger partial charge in [0.05, 0.1) is 17.5 Å². The summed E-state index contributed by atoms with van der Waals surface area (Å²) in [5, 5.41) is 17.5. The number of nitrogen functional groups attached to an aromatic ring is 1.